The number of hydrogen-bond donors (Lipinski definition) is 0. The number of hydrogen-bond acceptors (Lipinski definition) is 6. The second-order valence-electron chi connectivity index (χ2n) is 11.2. The fourth-order valence-corrected chi connectivity index (χ4v) is 6.42. The lowest BCUT2D eigenvalue weighted by atomic mass is 9.72. The summed E-state index contributed by atoms with van der Waals surface area (Å²) in [5, 5.41) is 1.12. The summed E-state index contributed by atoms with van der Waals surface area (Å²) < 4.78 is 7.37. The van der Waals surface area contributed by atoms with Crippen LogP contribution in [0.25, 0.3) is 10.9 Å². The predicted octanol–water partition coefficient (Wildman–Crippen LogP) is 3.74. The fraction of sp³-hybridized carbons (Fsp3) is 0.387. The van der Waals surface area contributed by atoms with E-state index in [1.807, 2.05) is 49.5 Å². The summed E-state index contributed by atoms with van der Waals surface area (Å²) in [4.78, 5) is 45.5. The molecule has 0 spiro atoms. The summed E-state index contributed by atoms with van der Waals surface area (Å²) in [6.07, 6.45) is 5.29. The topological polar surface area (TPSA) is 75.1 Å². The summed E-state index contributed by atoms with van der Waals surface area (Å²) in [6, 6.07) is 15.2. The molecule has 2 amide bonds. The van der Waals surface area contributed by atoms with Gasteiger partial charge in [0.2, 0.25) is 13.8 Å². The first kappa shape index (κ1) is 27.9. The molecule has 208 valence electrons. The number of carbonyl (C=O) groups is 3. The lowest BCUT2D eigenvalue weighted by Gasteiger charge is -2.47. The number of fused-ring (bicyclic) bond motifs is 2. The zero-order chi connectivity index (χ0) is 28.4. The van der Waals surface area contributed by atoms with Gasteiger partial charge in [-0.15, -0.1) is 6.58 Å². The average molecular weight is 540 g/mol. The highest BCUT2D eigenvalue weighted by Gasteiger charge is 2.44. The summed E-state index contributed by atoms with van der Waals surface area (Å²) in [6.45, 7) is 6.18. The summed E-state index contributed by atoms with van der Waals surface area (Å²) in [5.41, 5.74) is 3.25. The van der Waals surface area contributed by atoms with E-state index in [4.69, 9.17) is 4.74 Å². The van der Waals surface area contributed by atoms with Crippen molar-refractivity contribution in [1.29, 1.82) is 0 Å². The van der Waals surface area contributed by atoms with Gasteiger partial charge in [-0.1, -0.05) is 36.4 Å². The highest BCUT2D eigenvalue weighted by molar-refractivity contribution is 6.58. The van der Waals surface area contributed by atoms with Crippen molar-refractivity contribution in [3.8, 4) is 5.75 Å². The lowest BCUT2D eigenvalue weighted by Crippen LogP contribution is -2.54. The number of aromatic nitrogens is 1. The molecule has 2 aliphatic rings. The van der Waals surface area contributed by atoms with E-state index in [1.54, 1.807) is 36.7 Å². The van der Waals surface area contributed by atoms with Crippen molar-refractivity contribution in [2.75, 3.05) is 40.3 Å². The second kappa shape index (κ2) is 11.8. The van der Waals surface area contributed by atoms with E-state index >= 15 is 0 Å². The highest BCUT2D eigenvalue weighted by Crippen LogP contribution is 2.45. The fourth-order valence-electron chi connectivity index (χ4n) is 6.42. The first-order valence-electron chi connectivity index (χ1n) is 14.0. The molecule has 0 radical (unpaired) electrons. The van der Waals surface area contributed by atoms with Crippen molar-refractivity contribution in [1.82, 2.24) is 19.3 Å². The standard InChI is InChI=1S/C31H37BN4O4/c1-4-14-34-19-22(29(37)35(16-9-15-33(2)3)31(39)40-23-10-6-5-7-11-23)17-25-24-12-8-13-26-28(24)21(18-27(25)34)20-36(26)30(32)38/h4-8,10-13,20,22,25,27H,1,9,14-19,32H2,2-3H3/t22-,25-,27-/m1/s1. The molecule has 1 fully saturated rings. The molecular formula is C31H37BN4O4. The van der Waals surface area contributed by atoms with Crippen LogP contribution in [0.2, 0.25) is 0 Å². The Morgan fingerprint density at radius 3 is 2.58 bits per heavy atom. The molecule has 1 aliphatic heterocycles. The first-order valence-corrected chi connectivity index (χ1v) is 14.0. The quantitative estimate of drug-likeness (QED) is 0.320. The van der Waals surface area contributed by atoms with Gasteiger partial charge in [0.15, 0.2) is 5.81 Å². The van der Waals surface area contributed by atoms with Crippen LogP contribution in [0, 0.1) is 5.92 Å². The molecule has 9 heteroatoms. The minimum Gasteiger partial charge on any atom is -0.410 e. The van der Waals surface area contributed by atoms with Gasteiger partial charge < -0.3 is 9.64 Å². The van der Waals surface area contributed by atoms with Crippen LogP contribution in [-0.2, 0) is 11.2 Å². The van der Waals surface area contributed by atoms with Gasteiger partial charge in [0, 0.05) is 43.2 Å². The van der Waals surface area contributed by atoms with Gasteiger partial charge in [-0.3, -0.25) is 19.1 Å². The third-order valence-electron chi connectivity index (χ3n) is 8.17. The number of rotatable bonds is 8. The van der Waals surface area contributed by atoms with Crippen LogP contribution in [0.3, 0.4) is 0 Å². The Hall–Kier alpha value is -3.69. The van der Waals surface area contributed by atoms with E-state index in [9.17, 15) is 14.4 Å². The predicted molar refractivity (Wildman–Crippen MR) is 159 cm³/mol. The molecule has 0 N–H and O–H groups in total. The Balaban J connectivity index is 1.46. The maximum atomic E-state index is 14.1. The van der Waals surface area contributed by atoms with Crippen molar-refractivity contribution in [3.05, 3.63) is 78.5 Å². The molecule has 40 heavy (non-hydrogen) atoms. The minimum absolute atomic E-state index is 0.0143. The van der Waals surface area contributed by atoms with Crippen LogP contribution < -0.4 is 4.74 Å². The van der Waals surface area contributed by atoms with Crippen LogP contribution in [0.4, 0.5) is 9.59 Å². The summed E-state index contributed by atoms with van der Waals surface area (Å²) >= 11 is 0. The number of para-hydroxylation sites is 1. The molecule has 3 atom stereocenters. The smallest absolute Gasteiger partial charge is 0.410 e. The number of benzene rings is 2. The van der Waals surface area contributed by atoms with Gasteiger partial charge in [0.25, 0.3) is 0 Å². The Morgan fingerprint density at radius 1 is 1.10 bits per heavy atom. The molecule has 3 aromatic rings. The van der Waals surface area contributed by atoms with Crippen molar-refractivity contribution in [2.45, 2.75) is 31.2 Å². The number of imide groups is 1. The van der Waals surface area contributed by atoms with E-state index < -0.39 is 6.09 Å². The van der Waals surface area contributed by atoms with Gasteiger partial charge >= 0.3 is 6.09 Å². The Bertz CT molecular complexity index is 1420. The molecule has 0 unspecified atom stereocenters. The van der Waals surface area contributed by atoms with E-state index in [-0.39, 0.29) is 36.1 Å². The van der Waals surface area contributed by atoms with Gasteiger partial charge in [0.1, 0.15) is 5.75 Å². The van der Waals surface area contributed by atoms with Gasteiger partial charge in [-0.2, -0.15) is 0 Å². The number of ether oxygens (including phenoxy) is 1. The number of nitrogens with zero attached hydrogens (tertiary/aromatic N) is 4. The van der Waals surface area contributed by atoms with E-state index in [2.05, 4.69) is 17.5 Å². The number of amides is 2. The SMILES string of the molecule is BC(=O)n1cc2c3c(cccc31)[C@H]1C[C@@H](C(=O)N(CCCN(C)C)C(=O)Oc3ccccc3)CN(CC=C)[C@@H]1C2. The average Bonchev–Trinajstić information content (AvgIpc) is 3.31. The molecule has 0 saturated carbocycles. The van der Waals surface area contributed by atoms with E-state index in [0.717, 1.165) is 29.4 Å². The molecule has 5 rings (SSSR count). The molecule has 2 aromatic carbocycles. The first-order chi connectivity index (χ1) is 19.3. The summed E-state index contributed by atoms with van der Waals surface area (Å²) in [7, 11) is 5.53. The molecule has 0 bridgehead atoms. The van der Waals surface area contributed by atoms with E-state index in [0.29, 0.717) is 31.7 Å². The molecule has 1 aromatic heterocycles. The molecule has 8 nitrogen and oxygen atoms in total. The normalized spacial score (nSPS) is 20.2. The molecule has 1 aliphatic carbocycles. The third kappa shape index (κ3) is 5.49. The van der Waals surface area contributed by atoms with Crippen LogP contribution >= 0.6 is 0 Å². The van der Waals surface area contributed by atoms with Crippen molar-refractivity contribution >= 4 is 36.6 Å². The Morgan fingerprint density at radius 2 is 1.88 bits per heavy atom. The molecule has 1 saturated heterocycles. The van der Waals surface area contributed by atoms with Crippen molar-refractivity contribution in [2.24, 2.45) is 5.92 Å². The second-order valence-corrected chi connectivity index (χ2v) is 11.2. The minimum atomic E-state index is -0.640. The van der Waals surface area contributed by atoms with Crippen LogP contribution in [0.1, 0.15) is 29.9 Å². The van der Waals surface area contributed by atoms with Crippen molar-refractivity contribution in [3.63, 3.8) is 0 Å². The Labute approximate surface area is 236 Å². The van der Waals surface area contributed by atoms with Crippen LogP contribution in [0.15, 0.2) is 67.4 Å². The van der Waals surface area contributed by atoms with Gasteiger partial charge in [-0.25, -0.2) is 9.69 Å². The van der Waals surface area contributed by atoms with Crippen LogP contribution in [-0.4, -0.2) is 91.2 Å². The van der Waals surface area contributed by atoms with Crippen LogP contribution in [0.5, 0.6) is 5.75 Å². The van der Waals surface area contributed by atoms with Gasteiger partial charge in [0.05, 0.1) is 11.4 Å². The monoisotopic (exact) mass is 540 g/mol. The summed E-state index contributed by atoms with van der Waals surface area (Å²) in [5.74, 6) is -0.0894. The number of likely N-dealkylation sites (tertiary alicyclic amines) is 1. The maximum Gasteiger partial charge on any atom is 0.421 e. The molecular weight excluding hydrogens is 503 g/mol. The zero-order valence-electron chi connectivity index (χ0n) is 23.6. The van der Waals surface area contributed by atoms with Crippen molar-refractivity contribution < 1.29 is 19.1 Å². The Kier molecular flexibility index (Phi) is 8.23. The molecule has 2 heterocycles. The van der Waals surface area contributed by atoms with E-state index in [1.165, 1.54) is 10.5 Å². The number of carbonyl (C=O) groups excluding carboxylic acids is 3. The zero-order valence-corrected chi connectivity index (χ0v) is 23.6. The largest absolute Gasteiger partial charge is 0.421 e. The third-order valence-corrected chi connectivity index (χ3v) is 8.17. The maximum absolute atomic E-state index is 14.1. The van der Waals surface area contributed by atoms with Gasteiger partial charge in [-0.05, 0) is 69.2 Å². The number of piperidine rings is 1. The lowest BCUT2D eigenvalue weighted by molar-refractivity contribution is -0.136. The highest BCUT2D eigenvalue weighted by atomic mass is 16.6.